The van der Waals surface area contributed by atoms with Gasteiger partial charge in [-0.1, -0.05) is 31.2 Å². The van der Waals surface area contributed by atoms with Crippen LogP contribution in [-0.4, -0.2) is 30.2 Å². The van der Waals surface area contributed by atoms with Crippen molar-refractivity contribution in [1.29, 1.82) is 0 Å². The maximum absolute atomic E-state index is 11.2. The Morgan fingerprint density at radius 2 is 1.80 bits per heavy atom. The Kier molecular flexibility index (Phi) is 4.03. The zero-order valence-corrected chi connectivity index (χ0v) is 11.9. The minimum atomic E-state index is -0.964. The predicted octanol–water partition coefficient (Wildman–Crippen LogP) is 3.08. The predicted molar refractivity (Wildman–Crippen MR) is 80.3 cm³/mol. The van der Waals surface area contributed by atoms with Gasteiger partial charge >= 0.3 is 5.97 Å². The summed E-state index contributed by atoms with van der Waals surface area (Å²) in [6.45, 7) is 2.11. The van der Waals surface area contributed by atoms with Crippen molar-refractivity contribution in [2.75, 3.05) is 19.0 Å². The Morgan fingerprint density at radius 1 is 1.15 bits per heavy atom. The summed E-state index contributed by atoms with van der Waals surface area (Å²) < 4.78 is 0. The van der Waals surface area contributed by atoms with Gasteiger partial charge < -0.3 is 10.0 Å². The molecule has 0 saturated carbocycles. The van der Waals surface area contributed by atoms with E-state index in [1.807, 2.05) is 12.1 Å². The lowest BCUT2D eigenvalue weighted by atomic mass is 10.1. The number of aromatic carboxylic acids is 1. The molecule has 0 aliphatic heterocycles. The number of carbonyl (C=O) groups is 1. The average Bonchev–Trinajstić information content (AvgIpc) is 2.46. The number of carboxylic acids is 1. The van der Waals surface area contributed by atoms with Crippen LogP contribution in [0.3, 0.4) is 0 Å². The number of pyridine rings is 1. The van der Waals surface area contributed by atoms with E-state index in [0.29, 0.717) is 5.82 Å². The van der Waals surface area contributed by atoms with Gasteiger partial charge in [0.05, 0.1) is 5.69 Å². The highest BCUT2D eigenvalue weighted by Gasteiger charge is 2.14. The third-order valence-corrected chi connectivity index (χ3v) is 3.19. The maximum atomic E-state index is 11.2. The van der Waals surface area contributed by atoms with Gasteiger partial charge in [-0.3, -0.25) is 0 Å². The third kappa shape index (κ3) is 2.79. The smallest absolute Gasteiger partial charge is 0.339 e. The van der Waals surface area contributed by atoms with Crippen molar-refractivity contribution in [3.8, 4) is 11.3 Å². The zero-order chi connectivity index (χ0) is 14.7. The van der Waals surface area contributed by atoms with Crippen LogP contribution in [0.4, 0.5) is 5.82 Å². The number of carboxylic acid groups (broad SMARTS) is 1. The van der Waals surface area contributed by atoms with Crippen LogP contribution in [0.25, 0.3) is 11.3 Å². The second kappa shape index (κ2) is 5.74. The molecule has 0 aliphatic carbocycles. The van der Waals surface area contributed by atoms with Crippen LogP contribution < -0.4 is 4.90 Å². The van der Waals surface area contributed by atoms with Gasteiger partial charge in [-0.2, -0.15) is 0 Å². The first-order chi connectivity index (χ1) is 9.52. The molecule has 1 heterocycles. The van der Waals surface area contributed by atoms with Gasteiger partial charge in [-0.25, -0.2) is 9.78 Å². The van der Waals surface area contributed by atoms with Crippen molar-refractivity contribution in [1.82, 2.24) is 4.98 Å². The minimum Gasteiger partial charge on any atom is -0.478 e. The highest BCUT2D eigenvalue weighted by molar-refractivity contribution is 5.93. The molecule has 4 nitrogen and oxygen atoms in total. The maximum Gasteiger partial charge on any atom is 0.339 e. The highest BCUT2D eigenvalue weighted by atomic mass is 16.4. The lowest BCUT2D eigenvalue weighted by molar-refractivity contribution is 0.0697. The van der Waals surface area contributed by atoms with Gasteiger partial charge in [-0.05, 0) is 24.1 Å². The van der Waals surface area contributed by atoms with Gasteiger partial charge in [-0.15, -0.1) is 0 Å². The third-order valence-electron chi connectivity index (χ3n) is 3.19. The first-order valence-electron chi connectivity index (χ1n) is 6.54. The normalized spacial score (nSPS) is 10.3. The summed E-state index contributed by atoms with van der Waals surface area (Å²) in [6.07, 6.45) is 0.995. The largest absolute Gasteiger partial charge is 0.478 e. The first-order valence-corrected chi connectivity index (χ1v) is 6.54. The van der Waals surface area contributed by atoms with Gasteiger partial charge in [0.25, 0.3) is 0 Å². The van der Waals surface area contributed by atoms with Crippen molar-refractivity contribution in [3.05, 3.63) is 47.5 Å². The number of aromatic nitrogens is 1. The molecule has 0 unspecified atom stereocenters. The minimum absolute atomic E-state index is 0.212. The zero-order valence-electron chi connectivity index (χ0n) is 11.9. The molecule has 1 N–H and O–H groups in total. The molecule has 20 heavy (non-hydrogen) atoms. The second-order valence-electron chi connectivity index (χ2n) is 4.82. The Labute approximate surface area is 118 Å². The van der Waals surface area contributed by atoms with Crippen molar-refractivity contribution < 1.29 is 9.90 Å². The van der Waals surface area contributed by atoms with E-state index in [2.05, 4.69) is 24.0 Å². The second-order valence-corrected chi connectivity index (χ2v) is 4.82. The van der Waals surface area contributed by atoms with Gasteiger partial charge in [0.15, 0.2) is 0 Å². The number of anilines is 1. The Balaban J connectivity index is 2.47. The topological polar surface area (TPSA) is 53.4 Å². The molecule has 0 atom stereocenters. The number of aryl methyl sites for hydroxylation is 1. The van der Waals surface area contributed by atoms with Crippen LogP contribution in [0, 0.1) is 0 Å². The lowest BCUT2D eigenvalue weighted by Crippen LogP contribution is -2.16. The molecule has 0 radical (unpaired) electrons. The van der Waals surface area contributed by atoms with Gasteiger partial charge in [0.2, 0.25) is 0 Å². The van der Waals surface area contributed by atoms with E-state index < -0.39 is 5.97 Å². The standard InChI is InChI=1S/C16H18N2O2/c1-4-11-5-7-12(8-6-11)14-10-9-13(16(19)20)15(17-14)18(2)3/h5-10H,4H2,1-3H3,(H,19,20). The molecule has 4 heteroatoms. The van der Waals surface area contributed by atoms with Gasteiger partial charge in [0, 0.05) is 19.7 Å². The SMILES string of the molecule is CCc1ccc(-c2ccc(C(=O)O)c(N(C)C)n2)cc1. The monoisotopic (exact) mass is 270 g/mol. The number of benzene rings is 1. The summed E-state index contributed by atoms with van der Waals surface area (Å²) in [5.41, 5.74) is 3.25. The molecular weight excluding hydrogens is 252 g/mol. The molecule has 1 aromatic heterocycles. The van der Waals surface area contributed by atoms with E-state index >= 15 is 0 Å². The van der Waals surface area contributed by atoms with Crippen LogP contribution in [0.5, 0.6) is 0 Å². The molecule has 2 aromatic rings. The molecule has 0 bridgehead atoms. The fourth-order valence-electron chi connectivity index (χ4n) is 2.03. The molecule has 0 spiro atoms. The van der Waals surface area contributed by atoms with Crippen molar-refractivity contribution in [3.63, 3.8) is 0 Å². The van der Waals surface area contributed by atoms with E-state index in [9.17, 15) is 9.90 Å². The summed E-state index contributed by atoms with van der Waals surface area (Å²) in [7, 11) is 3.58. The van der Waals surface area contributed by atoms with Crippen LogP contribution in [0.1, 0.15) is 22.8 Å². The van der Waals surface area contributed by atoms with Crippen molar-refractivity contribution >= 4 is 11.8 Å². The number of rotatable bonds is 4. The van der Waals surface area contributed by atoms with Crippen molar-refractivity contribution in [2.24, 2.45) is 0 Å². The molecule has 0 saturated heterocycles. The van der Waals surface area contributed by atoms with Crippen molar-refractivity contribution in [2.45, 2.75) is 13.3 Å². The Bertz CT molecular complexity index is 619. The summed E-state index contributed by atoms with van der Waals surface area (Å²) >= 11 is 0. The van der Waals surface area contributed by atoms with Crippen LogP contribution in [0.2, 0.25) is 0 Å². The highest BCUT2D eigenvalue weighted by Crippen LogP contribution is 2.23. The summed E-state index contributed by atoms with van der Waals surface area (Å²) in [5.74, 6) is -0.497. The summed E-state index contributed by atoms with van der Waals surface area (Å²) in [6, 6.07) is 11.5. The molecule has 0 fully saturated rings. The fraction of sp³-hybridized carbons (Fsp3) is 0.250. The molecule has 104 valence electrons. The molecule has 1 aromatic carbocycles. The molecular formula is C16H18N2O2. The van der Waals surface area contributed by atoms with Gasteiger partial charge in [0.1, 0.15) is 11.4 Å². The molecule has 0 amide bonds. The fourth-order valence-corrected chi connectivity index (χ4v) is 2.03. The lowest BCUT2D eigenvalue weighted by Gasteiger charge is -2.15. The summed E-state index contributed by atoms with van der Waals surface area (Å²) in [4.78, 5) is 17.4. The number of nitrogens with zero attached hydrogens (tertiary/aromatic N) is 2. The van der Waals surface area contributed by atoms with E-state index in [4.69, 9.17) is 0 Å². The van der Waals surface area contributed by atoms with Crippen LogP contribution in [0.15, 0.2) is 36.4 Å². The van der Waals surface area contributed by atoms with E-state index in [-0.39, 0.29) is 5.56 Å². The number of hydrogen-bond acceptors (Lipinski definition) is 3. The Hall–Kier alpha value is -2.36. The summed E-state index contributed by atoms with van der Waals surface area (Å²) in [5, 5.41) is 9.18. The molecule has 2 rings (SSSR count). The van der Waals surface area contributed by atoms with E-state index in [1.54, 1.807) is 31.1 Å². The Morgan fingerprint density at radius 3 is 2.30 bits per heavy atom. The van der Waals surface area contributed by atoms with E-state index in [0.717, 1.165) is 17.7 Å². The van der Waals surface area contributed by atoms with Crippen LogP contribution >= 0.6 is 0 Å². The first kappa shape index (κ1) is 14.1. The van der Waals surface area contributed by atoms with Crippen LogP contribution in [-0.2, 0) is 6.42 Å². The number of hydrogen-bond donors (Lipinski definition) is 1. The molecule has 0 aliphatic rings. The average molecular weight is 270 g/mol. The quantitative estimate of drug-likeness (QED) is 0.927. The van der Waals surface area contributed by atoms with E-state index in [1.165, 1.54) is 5.56 Å².